The molecule has 1 aliphatic rings. The predicted octanol–water partition coefficient (Wildman–Crippen LogP) is 2.69. The summed E-state index contributed by atoms with van der Waals surface area (Å²) in [5, 5.41) is 6.71. The van der Waals surface area contributed by atoms with Crippen LogP contribution in [0.25, 0.3) is 0 Å². The van der Waals surface area contributed by atoms with Crippen LogP contribution in [0.5, 0.6) is 0 Å². The fourth-order valence-electron chi connectivity index (χ4n) is 1.99. The van der Waals surface area contributed by atoms with Crippen molar-refractivity contribution in [3.8, 4) is 0 Å². The Morgan fingerprint density at radius 3 is 2.43 bits per heavy atom. The maximum absolute atomic E-state index is 5.60. The molecule has 0 atom stereocenters. The summed E-state index contributed by atoms with van der Waals surface area (Å²) in [7, 11) is 1.81. The fraction of sp³-hybridized carbons (Fsp3) is 0.588. The van der Waals surface area contributed by atoms with E-state index in [4.69, 9.17) is 4.74 Å². The molecule has 0 spiro atoms. The molecule has 0 aromatic heterocycles. The second kappa shape index (κ2) is 8.03. The van der Waals surface area contributed by atoms with Crippen LogP contribution >= 0.6 is 0 Å². The molecule has 0 bridgehead atoms. The van der Waals surface area contributed by atoms with Crippen LogP contribution in [0.1, 0.15) is 37.8 Å². The zero-order chi connectivity index (χ0) is 15.1. The standard InChI is InChI=1S/C17H27N3O/c1-13(2)21-12-16-8-6-15(7-9-16)11-20-17(18-3)19-10-14-4-5-14/h6-9,13-14H,4-5,10-12H2,1-3H3,(H2,18,19,20). The van der Waals surface area contributed by atoms with Crippen molar-refractivity contribution in [1.29, 1.82) is 0 Å². The highest BCUT2D eigenvalue weighted by Gasteiger charge is 2.20. The van der Waals surface area contributed by atoms with Gasteiger partial charge in [-0.15, -0.1) is 0 Å². The third-order valence-corrected chi connectivity index (χ3v) is 3.54. The van der Waals surface area contributed by atoms with Crippen molar-refractivity contribution in [3.63, 3.8) is 0 Å². The van der Waals surface area contributed by atoms with E-state index >= 15 is 0 Å². The van der Waals surface area contributed by atoms with Gasteiger partial charge < -0.3 is 15.4 Å². The molecular weight excluding hydrogens is 262 g/mol. The minimum absolute atomic E-state index is 0.271. The SMILES string of the molecule is CN=C(NCc1ccc(COC(C)C)cc1)NCC1CC1. The van der Waals surface area contributed by atoms with Crippen molar-refractivity contribution in [3.05, 3.63) is 35.4 Å². The molecule has 0 saturated heterocycles. The van der Waals surface area contributed by atoms with E-state index in [0.717, 1.165) is 25.0 Å². The Balaban J connectivity index is 1.73. The number of hydrogen-bond donors (Lipinski definition) is 2. The van der Waals surface area contributed by atoms with Crippen LogP contribution in [0.2, 0.25) is 0 Å². The highest BCUT2D eigenvalue weighted by molar-refractivity contribution is 5.79. The van der Waals surface area contributed by atoms with Crippen LogP contribution in [0.15, 0.2) is 29.3 Å². The number of aliphatic imine (C=N–C) groups is 1. The lowest BCUT2D eigenvalue weighted by molar-refractivity contribution is 0.0657. The molecular formula is C17H27N3O. The minimum atomic E-state index is 0.271. The quantitative estimate of drug-likeness (QED) is 0.599. The summed E-state index contributed by atoms with van der Waals surface area (Å²) in [6.45, 7) is 6.61. The molecule has 1 fully saturated rings. The van der Waals surface area contributed by atoms with E-state index in [0.29, 0.717) is 6.61 Å². The van der Waals surface area contributed by atoms with Crippen molar-refractivity contribution < 1.29 is 4.74 Å². The van der Waals surface area contributed by atoms with Crippen LogP contribution in [0.4, 0.5) is 0 Å². The molecule has 2 N–H and O–H groups in total. The molecule has 0 unspecified atom stereocenters. The largest absolute Gasteiger partial charge is 0.374 e. The van der Waals surface area contributed by atoms with Gasteiger partial charge in [0, 0.05) is 20.1 Å². The highest BCUT2D eigenvalue weighted by Crippen LogP contribution is 2.27. The number of nitrogens with zero attached hydrogens (tertiary/aromatic N) is 1. The molecule has 21 heavy (non-hydrogen) atoms. The molecule has 0 heterocycles. The number of hydrogen-bond acceptors (Lipinski definition) is 2. The summed E-state index contributed by atoms with van der Waals surface area (Å²) in [6.07, 6.45) is 2.97. The van der Waals surface area contributed by atoms with Crippen LogP contribution in [-0.4, -0.2) is 25.7 Å². The summed E-state index contributed by atoms with van der Waals surface area (Å²) < 4.78 is 5.60. The Bertz CT molecular complexity index is 450. The smallest absolute Gasteiger partial charge is 0.191 e. The van der Waals surface area contributed by atoms with Gasteiger partial charge in [0.25, 0.3) is 0 Å². The van der Waals surface area contributed by atoms with Crippen molar-refractivity contribution >= 4 is 5.96 Å². The monoisotopic (exact) mass is 289 g/mol. The van der Waals surface area contributed by atoms with E-state index < -0.39 is 0 Å². The Morgan fingerprint density at radius 2 is 1.86 bits per heavy atom. The topological polar surface area (TPSA) is 45.7 Å². The Hall–Kier alpha value is -1.55. The zero-order valence-corrected chi connectivity index (χ0v) is 13.4. The molecule has 1 aromatic rings. The first-order chi connectivity index (χ1) is 10.2. The summed E-state index contributed by atoms with van der Waals surface area (Å²) in [5.41, 5.74) is 2.46. The first kappa shape index (κ1) is 15.8. The van der Waals surface area contributed by atoms with E-state index in [1.54, 1.807) is 0 Å². The van der Waals surface area contributed by atoms with Crippen molar-refractivity contribution in [2.45, 2.75) is 45.9 Å². The molecule has 1 aromatic carbocycles. The molecule has 116 valence electrons. The number of guanidine groups is 1. The van der Waals surface area contributed by atoms with Crippen molar-refractivity contribution in [2.24, 2.45) is 10.9 Å². The lowest BCUT2D eigenvalue weighted by atomic mass is 10.1. The number of ether oxygens (including phenoxy) is 1. The van der Waals surface area contributed by atoms with E-state index in [1.165, 1.54) is 24.0 Å². The highest BCUT2D eigenvalue weighted by atomic mass is 16.5. The second-order valence-electron chi connectivity index (χ2n) is 5.93. The molecule has 2 rings (SSSR count). The summed E-state index contributed by atoms with van der Waals surface area (Å²) in [5.74, 6) is 1.73. The molecule has 4 heteroatoms. The Morgan fingerprint density at radius 1 is 1.19 bits per heavy atom. The first-order valence-corrected chi connectivity index (χ1v) is 7.81. The molecule has 4 nitrogen and oxygen atoms in total. The maximum atomic E-state index is 5.60. The summed E-state index contributed by atoms with van der Waals surface area (Å²) >= 11 is 0. The van der Waals surface area contributed by atoms with Crippen molar-refractivity contribution in [1.82, 2.24) is 10.6 Å². The van der Waals surface area contributed by atoms with Gasteiger partial charge in [0.2, 0.25) is 0 Å². The van der Waals surface area contributed by atoms with Crippen LogP contribution in [-0.2, 0) is 17.9 Å². The Labute approximate surface area is 128 Å². The van der Waals surface area contributed by atoms with Crippen LogP contribution in [0, 0.1) is 5.92 Å². The third kappa shape index (κ3) is 6.17. The molecule has 0 aliphatic heterocycles. The lowest BCUT2D eigenvalue weighted by Crippen LogP contribution is -2.37. The third-order valence-electron chi connectivity index (χ3n) is 3.54. The molecule has 0 amide bonds. The number of benzene rings is 1. The van der Waals surface area contributed by atoms with Gasteiger partial charge >= 0.3 is 0 Å². The average molecular weight is 289 g/mol. The van der Waals surface area contributed by atoms with Crippen molar-refractivity contribution in [2.75, 3.05) is 13.6 Å². The molecule has 0 radical (unpaired) electrons. The van der Waals surface area contributed by atoms with Gasteiger partial charge in [-0.05, 0) is 43.7 Å². The van der Waals surface area contributed by atoms with Gasteiger partial charge in [-0.3, -0.25) is 4.99 Å². The number of rotatable bonds is 7. The van der Waals surface area contributed by atoms with E-state index in [1.807, 2.05) is 7.05 Å². The van der Waals surface area contributed by atoms with E-state index in [-0.39, 0.29) is 6.10 Å². The fourth-order valence-corrected chi connectivity index (χ4v) is 1.99. The summed E-state index contributed by atoms with van der Waals surface area (Å²) in [6, 6.07) is 8.53. The van der Waals surface area contributed by atoms with Crippen LogP contribution in [0.3, 0.4) is 0 Å². The van der Waals surface area contributed by atoms with Gasteiger partial charge in [-0.2, -0.15) is 0 Å². The molecule has 1 saturated carbocycles. The van der Waals surface area contributed by atoms with E-state index in [2.05, 4.69) is 53.7 Å². The molecule has 1 aliphatic carbocycles. The van der Waals surface area contributed by atoms with Gasteiger partial charge in [-0.1, -0.05) is 24.3 Å². The number of nitrogens with one attached hydrogen (secondary N) is 2. The van der Waals surface area contributed by atoms with Gasteiger partial charge in [-0.25, -0.2) is 0 Å². The predicted molar refractivity (Wildman–Crippen MR) is 87.3 cm³/mol. The second-order valence-corrected chi connectivity index (χ2v) is 5.93. The van der Waals surface area contributed by atoms with Gasteiger partial charge in [0.1, 0.15) is 0 Å². The van der Waals surface area contributed by atoms with E-state index in [9.17, 15) is 0 Å². The van der Waals surface area contributed by atoms with Gasteiger partial charge in [0.05, 0.1) is 12.7 Å². The summed E-state index contributed by atoms with van der Waals surface area (Å²) in [4.78, 5) is 4.24. The zero-order valence-electron chi connectivity index (χ0n) is 13.4. The van der Waals surface area contributed by atoms with Gasteiger partial charge in [0.15, 0.2) is 5.96 Å². The minimum Gasteiger partial charge on any atom is -0.374 e. The Kier molecular flexibility index (Phi) is 6.05. The van der Waals surface area contributed by atoms with Crippen LogP contribution < -0.4 is 10.6 Å². The maximum Gasteiger partial charge on any atom is 0.191 e. The first-order valence-electron chi connectivity index (χ1n) is 7.81. The normalized spacial score (nSPS) is 15.3. The average Bonchev–Trinajstić information content (AvgIpc) is 3.30. The lowest BCUT2D eigenvalue weighted by Gasteiger charge is -2.12.